The lowest BCUT2D eigenvalue weighted by Crippen LogP contribution is -2.30. The van der Waals surface area contributed by atoms with Crippen LogP contribution in [0.15, 0.2) is 43.0 Å². The minimum absolute atomic E-state index is 0.00152. The van der Waals surface area contributed by atoms with Gasteiger partial charge < -0.3 is 9.64 Å². The van der Waals surface area contributed by atoms with Crippen molar-refractivity contribution in [2.75, 3.05) is 13.1 Å². The molecule has 0 spiro atoms. The third-order valence-corrected chi connectivity index (χ3v) is 3.26. The van der Waals surface area contributed by atoms with E-state index in [4.69, 9.17) is 4.74 Å². The Kier molecular flexibility index (Phi) is 4.34. The number of nitrogens with zero attached hydrogens (tertiary/aromatic N) is 1. The largest absolute Gasteiger partial charge is 0.445 e. The molecule has 1 atom stereocenters. The van der Waals surface area contributed by atoms with Crippen LogP contribution in [0.3, 0.4) is 0 Å². The summed E-state index contributed by atoms with van der Waals surface area (Å²) >= 11 is 0. The quantitative estimate of drug-likeness (QED) is 0.780. The number of hydrogen-bond donors (Lipinski definition) is 0. The molecule has 2 rings (SSSR count). The molecular weight excluding hydrogens is 242 g/mol. The fourth-order valence-corrected chi connectivity index (χ4v) is 2.14. The van der Waals surface area contributed by atoms with E-state index in [2.05, 4.69) is 6.58 Å². The Hall–Kier alpha value is -2.10. The summed E-state index contributed by atoms with van der Waals surface area (Å²) in [5.41, 5.74) is 0.953. The number of amides is 1. The molecule has 0 saturated carbocycles. The van der Waals surface area contributed by atoms with Crippen molar-refractivity contribution >= 4 is 11.9 Å². The zero-order valence-electron chi connectivity index (χ0n) is 10.7. The average molecular weight is 259 g/mol. The third-order valence-electron chi connectivity index (χ3n) is 3.26. The molecule has 1 aromatic carbocycles. The second-order valence-corrected chi connectivity index (χ2v) is 4.58. The van der Waals surface area contributed by atoms with Gasteiger partial charge in [0.15, 0.2) is 5.78 Å². The van der Waals surface area contributed by atoms with Gasteiger partial charge in [-0.25, -0.2) is 4.79 Å². The second kappa shape index (κ2) is 6.18. The van der Waals surface area contributed by atoms with Crippen LogP contribution in [0.1, 0.15) is 12.0 Å². The first-order valence-corrected chi connectivity index (χ1v) is 6.32. The molecule has 0 bridgehead atoms. The first-order chi connectivity index (χ1) is 9.20. The topological polar surface area (TPSA) is 46.6 Å². The Morgan fingerprint density at radius 3 is 2.79 bits per heavy atom. The summed E-state index contributed by atoms with van der Waals surface area (Å²) < 4.78 is 5.22. The van der Waals surface area contributed by atoms with E-state index in [0.717, 1.165) is 5.56 Å². The maximum atomic E-state index is 11.8. The molecule has 1 heterocycles. The van der Waals surface area contributed by atoms with Gasteiger partial charge in [0.2, 0.25) is 0 Å². The monoisotopic (exact) mass is 259 g/mol. The molecule has 4 nitrogen and oxygen atoms in total. The predicted molar refractivity (Wildman–Crippen MR) is 71.5 cm³/mol. The van der Waals surface area contributed by atoms with Crippen molar-refractivity contribution in [2.24, 2.45) is 5.92 Å². The third kappa shape index (κ3) is 3.44. The van der Waals surface area contributed by atoms with Gasteiger partial charge in [-0.1, -0.05) is 36.9 Å². The van der Waals surface area contributed by atoms with Crippen molar-refractivity contribution in [3.8, 4) is 0 Å². The summed E-state index contributed by atoms with van der Waals surface area (Å²) in [7, 11) is 0. The van der Waals surface area contributed by atoms with Gasteiger partial charge in [-0.05, 0) is 18.1 Å². The standard InChI is InChI=1S/C15H17NO3/c1-2-14(17)13-8-9-16(10-13)15(18)19-11-12-6-4-3-5-7-12/h2-7,13H,1,8-11H2. The molecule has 0 aromatic heterocycles. The maximum absolute atomic E-state index is 11.8. The number of carbonyl (C=O) groups is 2. The Labute approximate surface area is 112 Å². The fraction of sp³-hybridized carbons (Fsp3) is 0.333. The number of allylic oxidation sites excluding steroid dienone is 1. The lowest BCUT2D eigenvalue weighted by atomic mass is 10.0. The molecule has 0 radical (unpaired) electrons. The highest BCUT2D eigenvalue weighted by molar-refractivity contribution is 5.92. The van der Waals surface area contributed by atoms with Gasteiger partial charge in [0, 0.05) is 19.0 Å². The molecule has 1 saturated heterocycles. The van der Waals surface area contributed by atoms with Crippen molar-refractivity contribution in [3.63, 3.8) is 0 Å². The number of carbonyl (C=O) groups excluding carboxylic acids is 2. The van der Waals surface area contributed by atoms with E-state index in [1.807, 2.05) is 30.3 Å². The van der Waals surface area contributed by atoms with Crippen LogP contribution >= 0.6 is 0 Å². The molecule has 0 aliphatic carbocycles. The van der Waals surface area contributed by atoms with E-state index in [1.54, 1.807) is 4.90 Å². The number of hydrogen-bond acceptors (Lipinski definition) is 3. The lowest BCUT2D eigenvalue weighted by Gasteiger charge is -2.15. The van der Waals surface area contributed by atoms with Crippen molar-refractivity contribution in [2.45, 2.75) is 13.0 Å². The fourth-order valence-electron chi connectivity index (χ4n) is 2.14. The predicted octanol–water partition coefficient (Wildman–Crippen LogP) is 2.40. The maximum Gasteiger partial charge on any atom is 0.410 e. The summed E-state index contributed by atoms with van der Waals surface area (Å²) in [4.78, 5) is 24.9. The van der Waals surface area contributed by atoms with Crippen molar-refractivity contribution in [3.05, 3.63) is 48.6 Å². The smallest absolute Gasteiger partial charge is 0.410 e. The Morgan fingerprint density at radius 1 is 1.37 bits per heavy atom. The normalized spacial score (nSPS) is 18.1. The highest BCUT2D eigenvalue weighted by Crippen LogP contribution is 2.18. The molecular formula is C15H17NO3. The number of likely N-dealkylation sites (tertiary alicyclic amines) is 1. The number of ketones is 1. The van der Waals surface area contributed by atoms with E-state index >= 15 is 0 Å². The summed E-state index contributed by atoms with van der Waals surface area (Å²) in [6.07, 6.45) is 1.65. The molecule has 1 fully saturated rings. The van der Waals surface area contributed by atoms with Crippen LogP contribution in [0.4, 0.5) is 4.79 Å². The summed E-state index contributed by atoms with van der Waals surface area (Å²) in [6, 6.07) is 9.52. The van der Waals surface area contributed by atoms with Gasteiger partial charge >= 0.3 is 6.09 Å². The molecule has 1 aliphatic heterocycles. The number of benzene rings is 1. The zero-order chi connectivity index (χ0) is 13.7. The van der Waals surface area contributed by atoms with Crippen LogP contribution in [0, 0.1) is 5.92 Å². The van der Waals surface area contributed by atoms with Crippen LogP contribution in [0.2, 0.25) is 0 Å². The molecule has 19 heavy (non-hydrogen) atoms. The molecule has 100 valence electrons. The van der Waals surface area contributed by atoms with Crippen LogP contribution in [0.25, 0.3) is 0 Å². The zero-order valence-corrected chi connectivity index (χ0v) is 10.7. The number of rotatable bonds is 4. The number of ether oxygens (including phenoxy) is 1. The van der Waals surface area contributed by atoms with Gasteiger partial charge in [0.05, 0.1) is 0 Å². The molecule has 1 unspecified atom stereocenters. The molecule has 0 N–H and O–H groups in total. The lowest BCUT2D eigenvalue weighted by molar-refractivity contribution is -0.117. The molecule has 1 aromatic rings. The highest BCUT2D eigenvalue weighted by atomic mass is 16.6. The van der Waals surface area contributed by atoms with Crippen molar-refractivity contribution in [1.82, 2.24) is 4.90 Å². The first kappa shape index (κ1) is 13.3. The summed E-state index contributed by atoms with van der Waals surface area (Å²) in [5.74, 6) is -0.125. The van der Waals surface area contributed by atoms with Crippen LogP contribution in [-0.2, 0) is 16.1 Å². The van der Waals surface area contributed by atoms with Crippen molar-refractivity contribution in [1.29, 1.82) is 0 Å². The van der Waals surface area contributed by atoms with Crippen LogP contribution in [-0.4, -0.2) is 29.9 Å². The molecule has 1 aliphatic rings. The molecule has 1 amide bonds. The minimum Gasteiger partial charge on any atom is -0.445 e. The van der Waals surface area contributed by atoms with E-state index in [9.17, 15) is 9.59 Å². The van der Waals surface area contributed by atoms with Crippen LogP contribution in [0.5, 0.6) is 0 Å². The van der Waals surface area contributed by atoms with Gasteiger partial charge in [-0.2, -0.15) is 0 Å². The minimum atomic E-state index is -0.358. The summed E-state index contributed by atoms with van der Waals surface area (Å²) in [5, 5.41) is 0. The van der Waals surface area contributed by atoms with Gasteiger partial charge in [-0.3, -0.25) is 4.79 Å². The molecule has 4 heteroatoms. The van der Waals surface area contributed by atoms with Crippen molar-refractivity contribution < 1.29 is 14.3 Å². The van der Waals surface area contributed by atoms with Crippen LogP contribution < -0.4 is 0 Å². The second-order valence-electron chi connectivity index (χ2n) is 4.58. The Balaban J connectivity index is 1.82. The van der Waals surface area contributed by atoms with E-state index in [-0.39, 0.29) is 24.4 Å². The average Bonchev–Trinajstić information content (AvgIpc) is 2.95. The van der Waals surface area contributed by atoms with E-state index < -0.39 is 0 Å². The van der Waals surface area contributed by atoms with Gasteiger partial charge in [-0.15, -0.1) is 0 Å². The first-order valence-electron chi connectivity index (χ1n) is 6.32. The Bertz CT molecular complexity index is 470. The Morgan fingerprint density at radius 2 is 2.11 bits per heavy atom. The SMILES string of the molecule is C=CC(=O)C1CCN(C(=O)OCc2ccccc2)C1. The van der Waals surface area contributed by atoms with E-state index in [0.29, 0.717) is 19.5 Å². The van der Waals surface area contributed by atoms with E-state index in [1.165, 1.54) is 6.08 Å². The van der Waals surface area contributed by atoms with Gasteiger partial charge in [0.1, 0.15) is 6.61 Å². The summed E-state index contributed by atoms with van der Waals surface area (Å²) in [6.45, 7) is 4.72. The van der Waals surface area contributed by atoms with Gasteiger partial charge in [0.25, 0.3) is 0 Å². The highest BCUT2D eigenvalue weighted by Gasteiger charge is 2.30.